The standard InChI is InChI=1S/C29H28ClN5O2/c1-19-3-4-22(15-26(19)33-28(36)23-7-10-27(30)32-16-23)29(37)34-13-11-25(20(2)17-34)21-5-8-24(9-6-21)35-14-12-31-18-35/h3-10,12,14-16,18,20,25H,11,13,17H2,1-2H3,(H,33,36). The Kier molecular flexibility index (Phi) is 7.06. The first-order chi connectivity index (χ1) is 17.9. The first-order valence-electron chi connectivity index (χ1n) is 12.3. The van der Waals surface area contributed by atoms with Gasteiger partial charge in [-0.1, -0.05) is 36.7 Å². The molecular formula is C29H28ClN5O2. The van der Waals surface area contributed by atoms with E-state index in [9.17, 15) is 9.59 Å². The predicted molar refractivity (Wildman–Crippen MR) is 144 cm³/mol. The molecule has 2 unspecified atom stereocenters. The summed E-state index contributed by atoms with van der Waals surface area (Å²) < 4.78 is 1.99. The third-order valence-electron chi connectivity index (χ3n) is 7.04. The third kappa shape index (κ3) is 5.42. The van der Waals surface area contributed by atoms with Gasteiger partial charge >= 0.3 is 0 Å². The van der Waals surface area contributed by atoms with Crippen LogP contribution in [0, 0.1) is 12.8 Å². The molecule has 2 amide bonds. The first kappa shape index (κ1) is 24.7. The van der Waals surface area contributed by atoms with Gasteiger partial charge in [-0.15, -0.1) is 0 Å². The lowest BCUT2D eigenvalue weighted by Crippen LogP contribution is -2.42. The molecule has 0 bridgehead atoms. The Morgan fingerprint density at radius 3 is 2.51 bits per heavy atom. The number of carbonyl (C=O) groups is 2. The topological polar surface area (TPSA) is 80.1 Å². The number of nitrogens with zero attached hydrogens (tertiary/aromatic N) is 4. The van der Waals surface area contributed by atoms with Crippen LogP contribution in [0.2, 0.25) is 5.15 Å². The van der Waals surface area contributed by atoms with Crippen molar-refractivity contribution < 1.29 is 9.59 Å². The van der Waals surface area contributed by atoms with Crippen molar-refractivity contribution in [2.24, 2.45) is 5.92 Å². The summed E-state index contributed by atoms with van der Waals surface area (Å²) in [5, 5.41) is 3.22. The van der Waals surface area contributed by atoms with Gasteiger partial charge in [-0.3, -0.25) is 9.59 Å². The Bertz CT molecular complexity index is 1400. The van der Waals surface area contributed by atoms with Crippen LogP contribution in [0.25, 0.3) is 5.69 Å². The minimum Gasteiger partial charge on any atom is -0.338 e. The molecule has 1 aliphatic rings. The molecule has 3 heterocycles. The predicted octanol–water partition coefficient (Wildman–Crippen LogP) is 5.75. The molecule has 1 aliphatic heterocycles. The van der Waals surface area contributed by atoms with Gasteiger partial charge in [0.2, 0.25) is 0 Å². The van der Waals surface area contributed by atoms with Crippen molar-refractivity contribution in [1.82, 2.24) is 19.4 Å². The minimum atomic E-state index is -0.301. The lowest BCUT2D eigenvalue weighted by atomic mass is 9.81. The van der Waals surface area contributed by atoms with E-state index in [0.717, 1.165) is 17.7 Å². The molecule has 0 aliphatic carbocycles. The van der Waals surface area contributed by atoms with Crippen LogP contribution in [-0.4, -0.2) is 44.3 Å². The molecule has 5 rings (SSSR count). The van der Waals surface area contributed by atoms with Gasteiger partial charge in [0.25, 0.3) is 11.8 Å². The van der Waals surface area contributed by atoms with Gasteiger partial charge in [0, 0.05) is 48.6 Å². The molecule has 2 aromatic carbocycles. The Balaban J connectivity index is 1.25. The van der Waals surface area contributed by atoms with E-state index in [1.54, 1.807) is 30.7 Å². The van der Waals surface area contributed by atoms with Gasteiger partial charge < -0.3 is 14.8 Å². The van der Waals surface area contributed by atoms with Crippen LogP contribution in [0.5, 0.6) is 0 Å². The van der Waals surface area contributed by atoms with E-state index in [1.807, 2.05) is 34.7 Å². The number of anilines is 1. The molecule has 2 atom stereocenters. The zero-order valence-corrected chi connectivity index (χ0v) is 21.5. The molecular weight excluding hydrogens is 486 g/mol. The number of aromatic nitrogens is 3. The number of halogens is 1. The maximum Gasteiger partial charge on any atom is 0.257 e. The number of nitrogens with one attached hydrogen (secondary N) is 1. The fourth-order valence-electron chi connectivity index (χ4n) is 4.91. The molecule has 8 heteroatoms. The van der Waals surface area contributed by atoms with Crippen LogP contribution in [0.15, 0.2) is 79.5 Å². The number of imidazole rings is 1. The number of pyridine rings is 1. The Morgan fingerprint density at radius 2 is 1.84 bits per heavy atom. The Labute approximate surface area is 221 Å². The molecule has 1 fully saturated rings. The van der Waals surface area contributed by atoms with E-state index >= 15 is 0 Å². The fraction of sp³-hybridized carbons (Fsp3) is 0.241. The molecule has 1 saturated heterocycles. The van der Waals surface area contributed by atoms with Crippen molar-refractivity contribution in [2.45, 2.75) is 26.2 Å². The van der Waals surface area contributed by atoms with Crippen molar-refractivity contribution >= 4 is 29.1 Å². The summed E-state index contributed by atoms with van der Waals surface area (Å²) in [6.45, 7) is 5.46. The highest BCUT2D eigenvalue weighted by atomic mass is 35.5. The highest BCUT2D eigenvalue weighted by Gasteiger charge is 2.30. The van der Waals surface area contributed by atoms with Crippen molar-refractivity contribution in [1.29, 1.82) is 0 Å². The lowest BCUT2D eigenvalue weighted by molar-refractivity contribution is 0.0660. The maximum atomic E-state index is 13.4. The van der Waals surface area contributed by atoms with E-state index in [-0.39, 0.29) is 11.8 Å². The van der Waals surface area contributed by atoms with Crippen LogP contribution >= 0.6 is 11.6 Å². The second kappa shape index (κ2) is 10.6. The summed E-state index contributed by atoms with van der Waals surface area (Å²) in [6.07, 6.45) is 7.82. The average molecular weight is 514 g/mol. The second-order valence-corrected chi connectivity index (χ2v) is 9.93. The molecule has 4 aromatic rings. The van der Waals surface area contributed by atoms with E-state index in [1.165, 1.54) is 11.8 Å². The SMILES string of the molecule is Cc1ccc(C(=O)N2CCC(c3ccc(-n4ccnc4)cc3)C(C)C2)cc1NC(=O)c1ccc(Cl)nc1. The number of benzene rings is 2. The van der Waals surface area contributed by atoms with E-state index in [4.69, 9.17) is 11.6 Å². The summed E-state index contributed by atoms with van der Waals surface area (Å²) in [5.74, 6) is 0.385. The molecule has 0 spiro atoms. The molecule has 1 N–H and O–H groups in total. The van der Waals surface area contributed by atoms with Gasteiger partial charge in [-0.2, -0.15) is 0 Å². The highest BCUT2D eigenvalue weighted by Crippen LogP contribution is 2.34. The van der Waals surface area contributed by atoms with Crippen LogP contribution in [0.1, 0.15) is 51.1 Å². The second-order valence-electron chi connectivity index (χ2n) is 9.54. The van der Waals surface area contributed by atoms with Gasteiger partial charge in [-0.05, 0) is 72.7 Å². The maximum absolute atomic E-state index is 13.4. The number of rotatable bonds is 5. The smallest absolute Gasteiger partial charge is 0.257 e. The number of likely N-dealkylation sites (tertiary alicyclic amines) is 1. The van der Waals surface area contributed by atoms with E-state index in [2.05, 4.69) is 46.5 Å². The number of hydrogen-bond donors (Lipinski definition) is 1. The first-order valence-corrected chi connectivity index (χ1v) is 12.7. The largest absolute Gasteiger partial charge is 0.338 e. The van der Waals surface area contributed by atoms with Crippen LogP contribution in [0.3, 0.4) is 0 Å². The summed E-state index contributed by atoms with van der Waals surface area (Å²) in [6, 6.07) is 17.2. The number of carbonyl (C=O) groups excluding carboxylic acids is 2. The van der Waals surface area contributed by atoms with Crippen LogP contribution < -0.4 is 5.32 Å². The summed E-state index contributed by atoms with van der Waals surface area (Å²) in [4.78, 5) is 36.1. The number of amides is 2. The molecule has 2 aromatic heterocycles. The molecule has 0 saturated carbocycles. The molecule has 0 radical (unpaired) electrons. The fourth-order valence-corrected chi connectivity index (χ4v) is 5.02. The molecule has 37 heavy (non-hydrogen) atoms. The molecule has 7 nitrogen and oxygen atoms in total. The van der Waals surface area contributed by atoms with E-state index < -0.39 is 0 Å². The number of piperidine rings is 1. The Hall–Kier alpha value is -3.97. The van der Waals surface area contributed by atoms with Gasteiger partial charge in [-0.25, -0.2) is 9.97 Å². The summed E-state index contributed by atoms with van der Waals surface area (Å²) >= 11 is 5.82. The minimum absolute atomic E-state index is 0.0237. The quantitative estimate of drug-likeness (QED) is 0.345. The number of aryl methyl sites for hydroxylation is 1. The third-order valence-corrected chi connectivity index (χ3v) is 7.26. The normalized spacial score (nSPS) is 17.4. The highest BCUT2D eigenvalue weighted by molar-refractivity contribution is 6.29. The van der Waals surface area contributed by atoms with Crippen LogP contribution in [0.4, 0.5) is 5.69 Å². The van der Waals surface area contributed by atoms with Crippen molar-refractivity contribution in [3.8, 4) is 5.69 Å². The number of hydrogen-bond acceptors (Lipinski definition) is 4. The summed E-state index contributed by atoms with van der Waals surface area (Å²) in [7, 11) is 0. The van der Waals surface area contributed by atoms with Crippen molar-refractivity contribution in [2.75, 3.05) is 18.4 Å². The molecule has 188 valence electrons. The summed E-state index contributed by atoms with van der Waals surface area (Å²) in [5.41, 5.74) is 4.81. The van der Waals surface area contributed by atoms with Crippen LogP contribution in [-0.2, 0) is 0 Å². The van der Waals surface area contributed by atoms with E-state index in [0.29, 0.717) is 46.9 Å². The van der Waals surface area contributed by atoms with Crippen molar-refractivity contribution in [3.63, 3.8) is 0 Å². The lowest BCUT2D eigenvalue weighted by Gasteiger charge is -2.37. The monoisotopic (exact) mass is 513 g/mol. The van der Waals surface area contributed by atoms with Crippen molar-refractivity contribution in [3.05, 3.63) is 107 Å². The van der Waals surface area contributed by atoms with Gasteiger partial charge in [0.05, 0.1) is 11.9 Å². The average Bonchev–Trinajstić information content (AvgIpc) is 3.45. The zero-order valence-electron chi connectivity index (χ0n) is 20.8. The van der Waals surface area contributed by atoms with Gasteiger partial charge in [0.1, 0.15) is 5.15 Å². The Morgan fingerprint density at radius 1 is 1.05 bits per heavy atom. The van der Waals surface area contributed by atoms with Gasteiger partial charge in [0.15, 0.2) is 0 Å². The zero-order chi connectivity index (χ0) is 25.9.